The number of amides is 2. The van der Waals surface area contributed by atoms with Gasteiger partial charge in [-0.05, 0) is 19.8 Å². The average Bonchev–Trinajstić information content (AvgIpc) is 2.63. The van der Waals surface area contributed by atoms with Crippen LogP contribution in [0.15, 0.2) is 0 Å². The van der Waals surface area contributed by atoms with E-state index in [1.165, 1.54) is 4.90 Å². The smallest absolute Gasteiger partial charge is 0.247 e. The lowest BCUT2D eigenvalue weighted by Gasteiger charge is -2.23. The molecule has 0 aromatic carbocycles. The molecule has 5 heteroatoms. The van der Waals surface area contributed by atoms with Crippen LogP contribution >= 0.6 is 0 Å². The average molecular weight is 256 g/mol. The third-order valence-electron chi connectivity index (χ3n) is 3.51. The highest BCUT2D eigenvalue weighted by Crippen LogP contribution is 2.18. The molecule has 0 spiro atoms. The van der Waals surface area contributed by atoms with E-state index in [1.54, 1.807) is 7.11 Å². The Balaban J connectivity index is 2.65. The van der Waals surface area contributed by atoms with Crippen LogP contribution in [0.1, 0.15) is 40.0 Å². The molecule has 1 rings (SSSR count). The van der Waals surface area contributed by atoms with Gasteiger partial charge in [-0.3, -0.25) is 14.5 Å². The van der Waals surface area contributed by atoms with E-state index in [-0.39, 0.29) is 36.4 Å². The maximum absolute atomic E-state index is 12.2. The molecule has 0 aromatic heterocycles. The second-order valence-electron chi connectivity index (χ2n) is 4.84. The normalized spacial score (nSPS) is 23.6. The van der Waals surface area contributed by atoms with Crippen molar-refractivity contribution in [3.05, 3.63) is 0 Å². The predicted molar refractivity (Wildman–Crippen MR) is 69.1 cm³/mol. The number of carbonyl (C=O) groups excluding carboxylic acids is 2. The summed E-state index contributed by atoms with van der Waals surface area (Å²) in [4.78, 5) is 25.4. The number of hydrogen-bond acceptors (Lipinski definition) is 4. The van der Waals surface area contributed by atoms with E-state index >= 15 is 0 Å². The van der Waals surface area contributed by atoms with Crippen LogP contribution in [0, 0.1) is 0 Å². The summed E-state index contributed by atoms with van der Waals surface area (Å²) in [5.41, 5.74) is 0. The Morgan fingerprint density at radius 1 is 1.39 bits per heavy atom. The molecule has 2 amide bonds. The van der Waals surface area contributed by atoms with Gasteiger partial charge in [-0.2, -0.15) is 0 Å². The Labute approximate surface area is 109 Å². The topological polar surface area (TPSA) is 58.6 Å². The van der Waals surface area contributed by atoms with Crippen molar-refractivity contribution >= 4 is 11.8 Å². The lowest BCUT2D eigenvalue weighted by Crippen LogP contribution is -2.47. The van der Waals surface area contributed by atoms with Gasteiger partial charge in [0.2, 0.25) is 11.8 Å². The van der Waals surface area contributed by atoms with Crippen molar-refractivity contribution in [1.29, 1.82) is 0 Å². The first-order valence-corrected chi connectivity index (χ1v) is 6.65. The molecule has 0 aliphatic carbocycles. The minimum atomic E-state index is -0.383. The highest BCUT2D eigenvalue weighted by atomic mass is 16.5. The molecular formula is C13H24N2O3. The number of hydrogen-bond donors (Lipinski definition) is 1. The first kappa shape index (κ1) is 15.1. The van der Waals surface area contributed by atoms with Crippen LogP contribution in [0.5, 0.6) is 0 Å². The van der Waals surface area contributed by atoms with E-state index in [2.05, 4.69) is 5.32 Å². The maximum atomic E-state index is 12.2. The Morgan fingerprint density at radius 3 is 2.56 bits per heavy atom. The largest absolute Gasteiger partial charge is 0.383 e. The van der Waals surface area contributed by atoms with Gasteiger partial charge in [0, 0.05) is 19.2 Å². The van der Waals surface area contributed by atoms with Crippen molar-refractivity contribution in [3.8, 4) is 0 Å². The lowest BCUT2D eigenvalue weighted by atomic mass is 10.1. The molecule has 1 heterocycles. The first-order valence-electron chi connectivity index (χ1n) is 6.65. The van der Waals surface area contributed by atoms with E-state index in [9.17, 15) is 9.59 Å². The quantitative estimate of drug-likeness (QED) is 0.688. The van der Waals surface area contributed by atoms with E-state index in [1.807, 2.05) is 20.8 Å². The molecule has 5 nitrogen and oxygen atoms in total. The van der Waals surface area contributed by atoms with Crippen molar-refractivity contribution in [3.63, 3.8) is 0 Å². The molecule has 0 bridgehead atoms. The Morgan fingerprint density at radius 2 is 2.06 bits per heavy atom. The van der Waals surface area contributed by atoms with Gasteiger partial charge >= 0.3 is 0 Å². The summed E-state index contributed by atoms with van der Waals surface area (Å²) in [5.74, 6) is -0.164. The van der Waals surface area contributed by atoms with Crippen molar-refractivity contribution in [1.82, 2.24) is 10.2 Å². The van der Waals surface area contributed by atoms with Gasteiger partial charge in [0.1, 0.15) is 0 Å². The van der Waals surface area contributed by atoms with Crippen LogP contribution in [0.2, 0.25) is 0 Å². The van der Waals surface area contributed by atoms with E-state index < -0.39 is 0 Å². The molecule has 3 unspecified atom stereocenters. The summed E-state index contributed by atoms with van der Waals surface area (Å²) in [6.45, 7) is 6.47. The standard InChI is InChI=1S/C13H24N2O3/c1-5-9(3)15-12(16)7-11(13(15)17)14-10(6-2)8-18-4/h9-11,14H,5-8H2,1-4H3. The van der Waals surface area contributed by atoms with Gasteiger partial charge in [-0.15, -0.1) is 0 Å². The second-order valence-corrected chi connectivity index (χ2v) is 4.84. The molecule has 3 atom stereocenters. The van der Waals surface area contributed by atoms with Crippen molar-refractivity contribution in [2.45, 2.75) is 58.2 Å². The molecule has 0 saturated carbocycles. The van der Waals surface area contributed by atoms with Gasteiger partial charge in [-0.1, -0.05) is 13.8 Å². The maximum Gasteiger partial charge on any atom is 0.247 e. The molecule has 104 valence electrons. The Bertz CT molecular complexity index is 307. The van der Waals surface area contributed by atoms with Crippen LogP contribution in [0.4, 0.5) is 0 Å². The number of methoxy groups -OCH3 is 1. The SMILES string of the molecule is CCC(COC)NC1CC(=O)N(C(C)CC)C1=O. The summed E-state index contributed by atoms with van der Waals surface area (Å²) in [7, 11) is 1.64. The van der Waals surface area contributed by atoms with Crippen LogP contribution in [0.25, 0.3) is 0 Å². The minimum Gasteiger partial charge on any atom is -0.383 e. The van der Waals surface area contributed by atoms with Gasteiger partial charge in [0.25, 0.3) is 0 Å². The molecule has 1 N–H and O–H groups in total. The molecule has 1 fully saturated rings. The van der Waals surface area contributed by atoms with Crippen LogP contribution in [-0.4, -0.2) is 48.6 Å². The second kappa shape index (κ2) is 6.85. The van der Waals surface area contributed by atoms with E-state index in [0.29, 0.717) is 6.61 Å². The van der Waals surface area contributed by atoms with Crippen LogP contribution < -0.4 is 5.32 Å². The number of imide groups is 1. The summed E-state index contributed by atoms with van der Waals surface area (Å²) in [6, 6.07) is -0.278. The fourth-order valence-corrected chi connectivity index (χ4v) is 2.20. The zero-order valence-electron chi connectivity index (χ0n) is 11.7. The first-order chi connectivity index (χ1) is 8.54. The third-order valence-corrected chi connectivity index (χ3v) is 3.51. The number of carbonyl (C=O) groups is 2. The molecule has 0 aromatic rings. The molecule has 0 radical (unpaired) electrons. The summed E-state index contributed by atoms with van der Waals surface area (Å²) >= 11 is 0. The van der Waals surface area contributed by atoms with Crippen molar-refractivity contribution < 1.29 is 14.3 Å². The summed E-state index contributed by atoms with van der Waals surface area (Å²) in [5, 5.41) is 3.22. The zero-order chi connectivity index (χ0) is 13.7. The highest BCUT2D eigenvalue weighted by molar-refractivity contribution is 6.05. The molecular weight excluding hydrogens is 232 g/mol. The molecule has 1 aliphatic heterocycles. The molecule has 18 heavy (non-hydrogen) atoms. The number of nitrogens with one attached hydrogen (secondary N) is 1. The van der Waals surface area contributed by atoms with E-state index in [4.69, 9.17) is 4.74 Å². The highest BCUT2D eigenvalue weighted by Gasteiger charge is 2.40. The zero-order valence-corrected chi connectivity index (χ0v) is 11.7. The number of rotatable bonds is 7. The monoisotopic (exact) mass is 256 g/mol. The van der Waals surface area contributed by atoms with Crippen molar-refractivity contribution in [2.24, 2.45) is 0 Å². The lowest BCUT2D eigenvalue weighted by molar-refractivity contribution is -0.141. The summed E-state index contributed by atoms with van der Waals surface area (Å²) < 4.78 is 5.09. The Kier molecular flexibility index (Phi) is 5.75. The molecule has 1 aliphatic rings. The van der Waals surface area contributed by atoms with Gasteiger partial charge in [0.05, 0.1) is 19.1 Å². The fourth-order valence-electron chi connectivity index (χ4n) is 2.20. The van der Waals surface area contributed by atoms with Gasteiger partial charge < -0.3 is 10.1 Å². The fraction of sp³-hybridized carbons (Fsp3) is 0.846. The van der Waals surface area contributed by atoms with Crippen LogP contribution in [-0.2, 0) is 14.3 Å². The summed E-state index contributed by atoms with van der Waals surface area (Å²) in [6.07, 6.45) is 1.93. The predicted octanol–water partition coefficient (Wildman–Crippen LogP) is 0.927. The van der Waals surface area contributed by atoms with Crippen molar-refractivity contribution in [2.75, 3.05) is 13.7 Å². The Hall–Kier alpha value is -0.940. The number of ether oxygens (including phenoxy) is 1. The van der Waals surface area contributed by atoms with Gasteiger partial charge in [0.15, 0.2) is 0 Å². The minimum absolute atomic E-state index is 0.0145. The van der Waals surface area contributed by atoms with Gasteiger partial charge in [-0.25, -0.2) is 0 Å². The third kappa shape index (κ3) is 3.29. The van der Waals surface area contributed by atoms with E-state index in [0.717, 1.165) is 12.8 Å². The molecule has 1 saturated heterocycles. The van der Waals surface area contributed by atoms with Crippen LogP contribution in [0.3, 0.4) is 0 Å². The number of likely N-dealkylation sites (tertiary alicyclic amines) is 1. The number of nitrogens with zero attached hydrogens (tertiary/aromatic N) is 1.